The van der Waals surface area contributed by atoms with Gasteiger partial charge in [-0.05, 0) is 61.4 Å². The molecule has 1 amide bonds. The van der Waals surface area contributed by atoms with E-state index in [1.807, 2.05) is 30.3 Å². The van der Waals surface area contributed by atoms with Crippen LogP contribution < -0.4 is 4.90 Å². The molecule has 0 unspecified atom stereocenters. The van der Waals surface area contributed by atoms with Crippen LogP contribution in [-0.2, 0) is 11.3 Å². The number of ether oxygens (including phenoxy) is 1. The summed E-state index contributed by atoms with van der Waals surface area (Å²) in [4.78, 5) is 20.7. The first-order valence-corrected chi connectivity index (χ1v) is 12.9. The number of carbonyl (C=O) groups excluding carboxylic acids is 1. The summed E-state index contributed by atoms with van der Waals surface area (Å²) in [5.74, 6) is -0.473. The molecule has 0 atom stereocenters. The molecule has 0 aliphatic carbocycles. The van der Waals surface area contributed by atoms with E-state index in [9.17, 15) is 9.18 Å². The number of nitrogens with zero attached hydrogens (tertiary/aromatic N) is 4. The molecule has 2 fully saturated rings. The normalized spacial score (nSPS) is 17.7. The van der Waals surface area contributed by atoms with Crippen molar-refractivity contribution in [3.63, 3.8) is 0 Å². The molecule has 4 aromatic rings. The molecule has 1 spiro atoms. The van der Waals surface area contributed by atoms with Gasteiger partial charge in [0.1, 0.15) is 5.60 Å². The summed E-state index contributed by atoms with van der Waals surface area (Å²) in [5, 5.41) is 1.21. The average Bonchev–Trinajstić information content (AvgIpc) is 3.43. The monoisotopic (exact) mass is 498 g/mol. The van der Waals surface area contributed by atoms with Crippen LogP contribution in [0.4, 0.5) is 14.9 Å². The number of likely N-dealkylation sites (tertiary alicyclic amines) is 1. The van der Waals surface area contributed by atoms with Gasteiger partial charge in [0.05, 0.1) is 6.54 Å². The molecule has 6 nitrogen and oxygen atoms in total. The van der Waals surface area contributed by atoms with Crippen LogP contribution >= 0.6 is 0 Å². The van der Waals surface area contributed by atoms with Crippen molar-refractivity contribution >= 4 is 22.7 Å². The number of anilines is 1. The number of halogens is 1. The lowest BCUT2D eigenvalue weighted by Crippen LogP contribution is -2.46. The van der Waals surface area contributed by atoms with E-state index >= 15 is 0 Å². The van der Waals surface area contributed by atoms with Gasteiger partial charge in [-0.3, -0.25) is 9.80 Å². The second kappa shape index (κ2) is 9.30. The summed E-state index contributed by atoms with van der Waals surface area (Å²) in [5.41, 5.74) is 4.86. The molecule has 0 bridgehead atoms. The Bertz CT molecular complexity index is 1420. The van der Waals surface area contributed by atoms with Gasteiger partial charge in [0, 0.05) is 73.1 Å². The van der Waals surface area contributed by atoms with Gasteiger partial charge in [-0.25, -0.2) is 9.78 Å². The topological polar surface area (TPSA) is 50.6 Å². The fourth-order valence-corrected chi connectivity index (χ4v) is 5.65. The summed E-state index contributed by atoms with van der Waals surface area (Å²) in [7, 11) is 0. The third-order valence-corrected chi connectivity index (χ3v) is 7.73. The van der Waals surface area contributed by atoms with Gasteiger partial charge in [0.2, 0.25) is 5.95 Å². The maximum Gasteiger partial charge on any atom is 0.415 e. The first-order valence-electron chi connectivity index (χ1n) is 12.9. The number of hydrogen-bond acceptors (Lipinski definition) is 4. The van der Waals surface area contributed by atoms with Crippen molar-refractivity contribution in [1.82, 2.24) is 14.5 Å². The van der Waals surface area contributed by atoms with E-state index < -0.39 is 11.5 Å². The Balaban J connectivity index is 1.21. The second-order valence-corrected chi connectivity index (χ2v) is 10.5. The minimum absolute atomic E-state index is 0.248. The lowest BCUT2D eigenvalue weighted by molar-refractivity contribution is -0.000890. The van der Waals surface area contributed by atoms with Crippen molar-refractivity contribution < 1.29 is 13.9 Å². The molecule has 2 aromatic heterocycles. The summed E-state index contributed by atoms with van der Waals surface area (Å²) >= 11 is 0. The van der Waals surface area contributed by atoms with Crippen LogP contribution in [0, 0.1) is 5.95 Å². The zero-order chi connectivity index (χ0) is 25.6. The number of para-hydroxylation sites is 1. The number of aromatic nitrogens is 2. The molecule has 190 valence electrons. The average molecular weight is 499 g/mol. The van der Waals surface area contributed by atoms with Gasteiger partial charge in [-0.15, -0.1) is 0 Å². The molecule has 0 N–H and O–H groups in total. The van der Waals surface area contributed by atoms with Crippen molar-refractivity contribution in [1.29, 1.82) is 0 Å². The second-order valence-electron chi connectivity index (χ2n) is 10.5. The van der Waals surface area contributed by atoms with Crippen molar-refractivity contribution in [3.8, 4) is 11.1 Å². The SMILES string of the molecule is CC(C)n1cc(CN2CCC3(CC2)CN(c2ccccc2)C(=O)O3)c2cc(-c3ccc(F)nc3)ccc21. The molecule has 2 aromatic carbocycles. The number of rotatable bonds is 5. The standard InChI is InChI=1S/C30H31FN4O2/c1-21(2)34-19-24(26-16-22(8-10-27(26)34)23-9-11-28(31)32-17-23)18-33-14-12-30(13-15-33)20-35(29(36)37-30)25-6-4-3-5-7-25/h3-11,16-17,19,21H,12-15,18,20H2,1-2H3. The Hall–Kier alpha value is -3.71. The van der Waals surface area contributed by atoms with Crippen molar-refractivity contribution in [2.24, 2.45) is 0 Å². The number of hydrogen-bond donors (Lipinski definition) is 0. The summed E-state index contributed by atoms with van der Waals surface area (Å²) in [6, 6.07) is 19.7. The van der Waals surface area contributed by atoms with Gasteiger partial charge in [-0.1, -0.05) is 24.3 Å². The maximum atomic E-state index is 13.4. The first kappa shape index (κ1) is 23.7. The molecule has 37 heavy (non-hydrogen) atoms. The summed E-state index contributed by atoms with van der Waals surface area (Å²) in [6.45, 7) is 7.55. The first-order chi connectivity index (χ1) is 17.9. The van der Waals surface area contributed by atoms with Crippen molar-refractivity contribution in [2.75, 3.05) is 24.5 Å². The Labute approximate surface area is 216 Å². The van der Waals surface area contributed by atoms with Crippen LogP contribution in [-0.4, -0.2) is 45.8 Å². The number of pyridine rings is 1. The van der Waals surface area contributed by atoms with E-state index in [4.69, 9.17) is 4.74 Å². The number of amides is 1. The van der Waals surface area contributed by atoms with E-state index in [-0.39, 0.29) is 6.09 Å². The Kier molecular flexibility index (Phi) is 5.95. The predicted molar refractivity (Wildman–Crippen MR) is 143 cm³/mol. The fourth-order valence-electron chi connectivity index (χ4n) is 5.65. The van der Waals surface area contributed by atoms with E-state index in [1.54, 1.807) is 17.2 Å². The molecule has 2 saturated heterocycles. The maximum absolute atomic E-state index is 13.4. The zero-order valence-electron chi connectivity index (χ0n) is 21.2. The molecule has 7 heteroatoms. The van der Waals surface area contributed by atoms with Gasteiger partial charge in [-0.2, -0.15) is 4.39 Å². The van der Waals surface area contributed by atoms with Crippen molar-refractivity contribution in [3.05, 3.63) is 84.6 Å². The molecule has 2 aliphatic heterocycles. The van der Waals surface area contributed by atoms with Gasteiger partial charge >= 0.3 is 6.09 Å². The molecular weight excluding hydrogens is 467 g/mol. The van der Waals surface area contributed by atoms with Gasteiger partial charge in [0.25, 0.3) is 0 Å². The number of fused-ring (bicyclic) bond motifs is 1. The molecule has 0 radical (unpaired) electrons. The molecule has 0 saturated carbocycles. The smallest absolute Gasteiger partial charge is 0.415 e. The van der Waals surface area contributed by atoms with Crippen LogP contribution in [0.25, 0.3) is 22.0 Å². The van der Waals surface area contributed by atoms with Crippen LogP contribution in [0.2, 0.25) is 0 Å². The van der Waals surface area contributed by atoms with Gasteiger partial charge in [0.15, 0.2) is 0 Å². The molecule has 4 heterocycles. The minimum atomic E-state index is -0.473. The summed E-state index contributed by atoms with van der Waals surface area (Å²) in [6.07, 6.45) is 5.23. The Morgan fingerprint density at radius 3 is 2.49 bits per heavy atom. The highest BCUT2D eigenvalue weighted by molar-refractivity contribution is 5.90. The quantitative estimate of drug-likeness (QED) is 0.298. The van der Waals surface area contributed by atoms with Crippen LogP contribution in [0.5, 0.6) is 0 Å². The van der Waals surface area contributed by atoms with Crippen LogP contribution in [0.3, 0.4) is 0 Å². The largest absolute Gasteiger partial charge is 0.441 e. The molecule has 2 aliphatic rings. The van der Waals surface area contributed by atoms with Crippen molar-refractivity contribution in [2.45, 2.75) is 44.9 Å². The predicted octanol–water partition coefficient (Wildman–Crippen LogP) is 6.41. The van der Waals surface area contributed by atoms with Crippen LogP contribution in [0.1, 0.15) is 38.3 Å². The van der Waals surface area contributed by atoms with E-state index in [0.717, 1.165) is 49.3 Å². The highest BCUT2D eigenvalue weighted by atomic mass is 19.1. The number of piperidine rings is 1. The number of benzene rings is 2. The lowest BCUT2D eigenvalue weighted by atomic mass is 9.91. The summed E-state index contributed by atoms with van der Waals surface area (Å²) < 4.78 is 21.6. The Morgan fingerprint density at radius 2 is 1.78 bits per heavy atom. The van der Waals surface area contributed by atoms with E-state index in [0.29, 0.717) is 12.6 Å². The third kappa shape index (κ3) is 4.48. The van der Waals surface area contributed by atoms with Crippen LogP contribution in [0.15, 0.2) is 73.1 Å². The van der Waals surface area contributed by atoms with E-state index in [2.05, 4.69) is 52.7 Å². The highest BCUT2D eigenvalue weighted by Crippen LogP contribution is 2.37. The van der Waals surface area contributed by atoms with E-state index in [1.165, 1.54) is 22.5 Å². The Morgan fingerprint density at radius 1 is 1.03 bits per heavy atom. The van der Waals surface area contributed by atoms with Gasteiger partial charge < -0.3 is 9.30 Å². The molecular formula is C30H31FN4O2. The fraction of sp³-hybridized carbons (Fsp3) is 0.333. The molecule has 6 rings (SSSR count). The third-order valence-electron chi connectivity index (χ3n) is 7.73. The zero-order valence-corrected chi connectivity index (χ0v) is 21.2. The minimum Gasteiger partial charge on any atom is -0.441 e. The highest BCUT2D eigenvalue weighted by Gasteiger charge is 2.47. The number of carbonyl (C=O) groups is 1. The lowest BCUT2D eigenvalue weighted by Gasteiger charge is -2.37.